The van der Waals surface area contributed by atoms with Gasteiger partial charge in [0.1, 0.15) is 23.1 Å². The van der Waals surface area contributed by atoms with Crippen LogP contribution >= 0.6 is 0 Å². The van der Waals surface area contributed by atoms with E-state index in [4.69, 9.17) is 4.74 Å². The zero-order chi connectivity index (χ0) is 23.0. The Hall–Kier alpha value is -3.54. The topological polar surface area (TPSA) is 44.1 Å². The summed E-state index contributed by atoms with van der Waals surface area (Å²) in [6, 6.07) is 16.2. The van der Waals surface area contributed by atoms with Gasteiger partial charge in [-0.1, -0.05) is 45.0 Å². The highest BCUT2D eigenvalue weighted by Gasteiger charge is 2.21. The molecule has 0 aliphatic rings. The van der Waals surface area contributed by atoms with E-state index in [1.165, 1.54) is 12.1 Å². The van der Waals surface area contributed by atoms with Crippen molar-refractivity contribution in [2.75, 3.05) is 7.11 Å². The highest BCUT2D eigenvalue weighted by atomic mass is 19.1. The van der Waals surface area contributed by atoms with Crippen LogP contribution in [-0.4, -0.2) is 16.9 Å². The van der Waals surface area contributed by atoms with Gasteiger partial charge >= 0.3 is 0 Å². The monoisotopic (exact) mass is 434 g/mol. The minimum absolute atomic E-state index is 0.0428. The number of para-hydroxylation sites is 1. The van der Waals surface area contributed by atoms with Crippen LogP contribution in [0.15, 0.2) is 65.5 Å². The molecule has 4 rings (SSSR count). The third-order valence-corrected chi connectivity index (χ3v) is 5.52. The molecule has 4 aromatic rings. The summed E-state index contributed by atoms with van der Waals surface area (Å²) in [5.41, 5.74) is 2.27. The van der Waals surface area contributed by atoms with Gasteiger partial charge in [0.05, 0.1) is 19.2 Å². The van der Waals surface area contributed by atoms with Crippen LogP contribution in [0.2, 0.25) is 0 Å². The highest BCUT2D eigenvalue weighted by molar-refractivity contribution is 5.83. The number of aromatic nitrogens is 2. The summed E-state index contributed by atoms with van der Waals surface area (Å²) in [7, 11) is 1.54. The van der Waals surface area contributed by atoms with Gasteiger partial charge in [-0.15, -0.1) is 0 Å². The summed E-state index contributed by atoms with van der Waals surface area (Å²) in [6.07, 6.45) is 0. The molecule has 32 heavy (non-hydrogen) atoms. The number of halogens is 2. The second-order valence-electron chi connectivity index (χ2n) is 8.75. The highest BCUT2D eigenvalue weighted by Crippen LogP contribution is 2.33. The molecule has 4 nitrogen and oxygen atoms in total. The van der Waals surface area contributed by atoms with Crippen LogP contribution in [0.1, 0.15) is 31.9 Å². The molecular weight excluding hydrogens is 410 g/mol. The van der Waals surface area contributed by atoms with E-state index >= 15 is 0 Å². The molecule has 3 aromatic carbocycles. The zero-order valence-corrected chi connectivity index (χ0v) is 18.4. The molecule has 0 atom stereocenters. The molecule has 0 amide bonds. The zero-order valence-electron chi connectivity index (χ0n) is 18.4. The van der Waals surface area contributed by atoms with Crippen LogP contribution in [0.25, 0.3) is 22.2 Å². The Morgan fingerprint density at radius 3 is 2.44 bits per heavy atom. The van der Waals surface area contributed by atoms with E-state index < -0.39 is 11.6 Å². The maximum Gasteiger partial charge on any atom is 0.216 e. The lowest BCUT2D eigenvalue weighted by molar-refractivity contribution is 0.415. The van der Waals surface area contributed by atoms with Crippen LogP contribution in [0.4, 0.5) is 8.78 Å². The molecule has 0 N–H and O–H groups in total. The van der Waals surface area contributed by atoms with Crippen molar-refractivity contribution in [2.24, 2.45) is 0 Å². The smallest absolute Gasteiger partial charge is 0.216 e. The summed E-state index contributed by atoms with van der Waals surface area (Å²) in [6.45, 7) is 6.30. The summed E-state index contributed by atoms with van der Waals surface area (Å²) < 4.78 is 34.9. The summed E-state index contributed by atoms with van der Waals surface area (Å²) in [4.78, 5) is 13.4. The number of hydrogen-bond acceptors (Lipinski definition) is 3. The van der Waals surface area contributed by atoms with E-state index in [-0.39, 0.29) is 28.6 Å². The van der Waals surface area contributed by atoms with Gasteiger partial charge in [0, 0.05) is 22.6 Å². The summed E-state index contributed by atoms with van der Waals surface area (Å²) in [5.74, 6) is -0.783. The van der Waals surface area contributed by atoms with Crippen LogP contribution in [0.5, 0.6) is 5.75 Å². The molecule has 1 heterocycles. The number of rotatable bonds is 4. The van der Waals surface area contributed by atoms with E-state index in [0.29, 0.717) is 22.2 Å². The molecule has 0 aliphatic heterocycles. The number of benzene rings is 3. The van der Waals surface area contributed by atoms with Crippen molar-refractivity contribution in [1.29, 1.82) is 0 Å². The summed E-state index contributed by atoms with van der Waals surface area (Å²) >= 11 is 0. The first-order chi connectivity index (χ1) is 15.2. The third kappa shape index (κ3) is 4.00. The van der Waals surface area contributed by atoms with Crippen LogP contribution in [0, 0.1) is 11.6 Å². The first-order valence-corrected chi connectivity index (χ1v) is 10.3. The van der Waals surface area contributed by atoms with E-state index in [9.17, 15) is 13.6 Å². The quantitative estimate of drug-likeness (QED) is 0.414. The predicted molar refractivity (Wildman–Crippen MR) is 122 cm³/mol. The number of fused-ring (bicyclic) bond motifs is 1. The molecule has 0 spiro atoms. The fourth-order valence-electron chi connectivity index (χ4n) is 3.71. The molecule has 0 bridgehead atoms. The molecule has 1 aromatic heterocycles. The van der Waals surface area contributed by atoms with Crippen molar-refractivity contribution in [3.8, 4) is 17.0 Å². The van der Waals surface area contributed by atoms with Crippen molar-refractivity contribution in [2.45, 2.75) is 32.7 Å². The summed E-state index contributed by atoms with van der Waals surface area (Å²) in [5, 5.41) is 5.09. The Balaban J connectivity index is 1.98. The van der Waals surface area contributed by atoms with Crippen LogP contribution in [-0.2, 0) is 12.0 Å². The Bertz CT molecular complexity index is 1370. The van der Waals surface area contributed by atoms with E-state index in [2.05, 4.69) is 25.9 Å². The minimum atomic E-state index is -0.663. The second kappa shape index (κ2) is 8.19. The maximum atomic E-state index is 14.4. The average molecular weight is 434 g/mol. The Labute approximate surface area is 185 Å². The van der Waals surface area contributed by atoms with Gasteiger partial charge in [-0.05, 0) is 41.3 Å². The first-order valence-electron chi connectivity index (χ1n) is 10.3. The predicted octanol–water partition coefficient (Wildman–Crippen LogP) is 5.70. The van der Waals surface area contributed by atoms with Crippen LogP contribution in [0.3, 0.4) is 0 Å². The van der Waals surface area contributed by atoms with E-state index in [0.717, 1.165) is 11.6 Å². The lowest BCUT2D eigenvalue weighted by Gasteiger charge is -2.21. The van der Waals surface area contributed by atoms with Gasteiger partial charge in [0.2, 0.25) is 5.43 Å². The Morgan fingerprint density at radius 2 is 1.75 bits per heavy atom. The molecule has 6 heteroatoms. The number of ether oxygens (including phenoxy) is 1. The van der Waals surface area contributed by atoms with Gasteiger partial charge in [0.15, 0.2) is 0 Å². The first kappa shape index (κ1) is 21.7. The van der Waals surface area contributed by atoms with E-state index in [1.54, 1.807) is 36.1 Å². The van der Waals surface area contributed by atoms with Gasteiger partial charge in [0.25, 0.3) is 0 Å². The molecule has 0 saturated carbocycles. The van der Waals surface area contributed by atoms with Gasteiger partial charge < -0.3 is 4.74 Å². The average Bonchev–Trinajstić information content (AvgIpc) is 2.76. The molecular formula is C26H24F2N2O2. The third-order valence-electron chi connectivity index (χ3n) is 5.52. The molecule has 0 radical (unpaired) electrons. The number of methoxy groups -OCH3 is 1. The van der Waals surface area contributed by atoms with Gasteiger partial charge in [-0.3, -0.25) is 9.48 Å². The Morgan fingerprint density at radius 1 is 1.00 bits per heavy atom. The minimum Gasteiger partial charge on any atom is -0.496 e. The van der Waals surface area contributed by atoms with Crippen molar-refractivity contribution < 1.29 is 13.5 Å². The lowest BCUT2D eigenvalue weighted by Crippen LogP contribution is -2.18. The number of nitrogens with zero attached hydrogens (tertiary/aromatic N) is 2. The standard InChI is InChI=1S/C26H24F2N2O2/c1-26(2,3)17-10-12-23(32-4)20(13-17)24-25(31)19-7-5-6-8-22(19)30(29-24)15-16-9-11-18(27)14-21(16)28/h5-14H,15H2,1-4H3. The normalized spacial score (nSPS) is 11.7. The molecule has 0 unspecified atom stereocenters. The van der Waals surface area contributed by atoms with Gasteiger partial charge in [-0.25, -0.2) is 8.78 Å². The second-order valence-corrected chi connectivity index (χ2v) is 8.75. The van der Waals surface area contributed by atoms with Crippen LogP contribution < -0.4 is 10.2 Å². The lowest BCUT2D eigenvalue weighted by atomic mass is 9.85. The molecule has 164 valence electrons. The number of hydrogen-bond donors (Lipinski definition) is 0. The van der Waals surface area contributed by atoms with Crippen molar-refractivity contribution in [3.63, 3.8) is 0 Å². The maximum absolute atomic E-state index is 14.4. The van der Waals surface area contributed by atoms with E-state index in [1.807, 2.05) is 18.2 Å². The van der Waals surface area contributed by atoms with Crippen molar-refractivity contribution in [3.05, 3.63) is 93.6 Å². The van der Waals surface area contributed by atoms with Gasteiger partial charge in [-0.2, -0.15) is 5.10 Å². The molecule has 0 aliphatic carbocycles. The SMILES string of the molecule is COc1ccc(C(C)(C)C)cc1-c1nn(Cc2ccc(F)cc2F)c2ccccc2c1=O. The van der Waals surface area contributed by atoms with Crippen molar-refractivity contribution in [1.82, 2.24) is 9.78 Å². The fourth-order valence-corrected chi connectivity index (χ4v) is 3.71. The molecule has 0 fully saturated rings. The largest absolute Gasteiger partial charge is 0.496 e. The molecule has 0 saturated heterocycles. The van der Waals surface area contributed by atoms with Crippen molar-refractivity contribution >= 4 is 10.9 Å². The Kier molecular flexibility index (Phi) is 5.55. The fraction of sp³-hybridized carbons (Fsp3) is 0.231.